The maximum atomic E-state index is 12.9. The number of anilines is 4. The Balaban J connectivity index is 0.000000172. The van der Waals surface area contributed by atoms with Crippen LogP contribution in [-0.2, 0) is 50.1 Å². The number of hydrogen-bond donors (Lipinski definition) is 6. The Morgan fingerprint density at radius 2 is 1.06 bits per heavy atom. The van der Waals surface area contributed by atoms with Gasteiger partial charge in [-0.2, -0.15) is 0 Å². The van der Waals surface area contributed by atoms with Crippen molar-refractivity contribution in [3.05, 3.63) is 90.3 Å². The van der Waals surface area contributed by atoms with Crippen molar-refractivity contribution in [1.29, 1.82) is 0 Å². The van der Waals surface area contributed by atoms with Crippen LogP contribution in [0.3, 0.4) is 0 Å². The molecule has 10 amide bonds. The molecule has 69 heavy (non-hydrogen) atoms. The predicted molar refractivity (Wildman–Crippen MR) is 259 cm³/mol. The first-order valence-electron chi connectivity index (χ1n) is 23.2. The van der Waals surface area contributed by atoms with Crippen LogP contribution in [0.4, 0.5) is 32.3 Å². The van der Waals surface area contributed by atoms with E-state index in [0.29, 0.717) is 67.7 Å². The number of amides is 10. The Hall–Kier alpha value is -6.84. The molecule has 4 saturated heterocycles. The van der Waals surface area contributed by atoms with E-state index in [1.165, 1.54) is 51.0 Å². The number of benzene rings is 2. The molecular formula is C48H54N10O9S2. The van der Waals surface area contributed by atoms with Crippen molar-refractivity contribution in [3.8, 4) is 0 Å². The fraction of sp³-hybridized carbons (Fsp3) is 0.417. The quantitative estimate of drug-likeness (QED) is 0.119. The summed E-state index contributed by atoms with van der Waals surface area (Å²) in [6.07, 6.45) is 3.58. The third-order valence-electron chi connectivity index (χ3n) is 13.0. The second kappa shape index (κ2) is 20.4. The topological polar surface area (TPSA) is 231 Å². The summed E-state index contributed by atoms with van der Waals surface area (Å²) in [6, 6.07) is 13.7. The molecule has 4 fully saturated rings. The summed E-state index contributed by atoms with van der Waals surface area (Å²) < 4.78 is 5.41. The standard InChI is InChI=1S/C24H27N5O5S.C24H27N5O4S/c1-14-10-16(2-3-18(14)28-6-8-34-9-7-28)26-24(33)25-12-17-11-15-13-29(23(32)21(15)35-17)19-4-5-20(30)27-22(19)31;1-14-10-16(4-5-18(14)28-8-2-3-9-28)26-24(33)25-12-17-11-15-13-29(23(32)21(15)34-17)19-6-7-20(30)27-22(19)31/h2-3,10-11,19H,4-9,12-13H2,1H3,(H2,25,26,33)(H,27,30,31);4-5,10-11,19H,2-3,6-9,12-13H2,1H3,(H2,25,26,33)(H,27,30,31). The van der Waals surface area contributed by atoms with Crippen LogP contribution in [0, 0.1) is 13.8 Å². The van der Waals surface area contributed by atoms with Gasteiger partial charge in [0, 0.05) is 84.6 Å². The van der Waals surface area contributed by atoms with Crippen molar-refractivity contribution in [2.75, 3.05) is 59.8 Å². The molecule has 6 aliphatic rings. The third kappa shape index (κ3) is 10.6. The molecule has 362 valence electrons. The summed E-state index contributed by atoms with van der Waals surface area (Å²) in [7, 11) is 0. The Morgan fingerprint density at radius 3 is 1.46 bits per heavy atom. The van der Waals surface area contributed by atoms with E-state index in [-0.39, 0.29) is 48.5 Å². The van der Waals surface area contributed by atoms with Gasteiger partial charge in [-0.25, -0.2) is 9.59 Å². The minimum absolute atomic E-state index is 0.196. The van der Waals surface area contributed by atoms with E-state index in [2.05, 4.69) is 54.7 Å². The first-order chi connectivity index (χ1) is 33.3. The van der Waals surface area contributed by atoms with Crippen molar-refractivity contribution in [1.82, 2.24) is 31.1 Å². The van der Waals surface area contributed by atoms with Gasteiger partial charge in [-0.1, -0.05) is 0 Å². The van der Waals surface area contributed by atoms with E-state index in [9.17, 15) is 38.4 Å². The number of nitrogens with zero attached hydrogens (tertiary/aromatic N) is 4. The van der Waals surface area contributed by atoms with Gasteiger partial charge in [0.1, 0.15) is 12.1 Å². The summed E-state index contributed by atoms with van der Waals surface area (Å²) in [4.78, 5) is 108. The first kappa shape index (κ1) is 47.2. The molecule has 8 heterocycles. The molecule has 6 N–H and O–H groups in total. The Morgan fingerprint density at radius 1 is 0.623 bits per heavy atom. The molecule has 2 atom stereocenters. The lowest BCUT2D eigenvalue weighted by Gasteiger charge is -2.30. The van der Waals surface area contributed by atoms with Gasteiger partial charge < -0.3 is 45.6 Å². The van der Waals surface area contributed by atoms with Crippen LogP contribution >= 0.6 is 22.7 Å². The number of fused-ring (bicyclic) bond motifs is 2. The van der Waals surface area contributed by atoms with Gasteiger partial charge in [-0.05, 0) is 110 Å². The lowest BCUT2D eigenvalue weighted by Crippen LogP contribution is -2.52. The lowest BCUT2D eigenvalue weighted by atomic mass is 10.0. The molecular weight excluding hydrogens is 925 g/mol. The number of hydrogen-bond acceptors (Lipinski definition) is 13. The molecule has 2 aromatic heterocycles. The monoisotopic (exact) mass is 978 g/mol. The van der Waals surface area contributed by atoms with Gasteiger partial charge in [0.05, 0.1) is 36.1 Å². The number of piperidine rings is 2. The van der Waals surface area contributed by atoms with Crippen molar-refractivity contribution in [2.45, 2.75) is 90.6 Å². The number of ether oxygens (including phenoxy) is 1. The molecule has 0 bridgehead atoms. The van der Waals surface area contributed by atoms with Gasteiger partial charge in [0.2, 0.25) is 23.6 Å². The second-order valence-corrected chi connectivity index (χ2v) is 20.1. The molecule has 2 unspecified atom stereocenters. The SMILES string of the molecule is Cc1cc(NC(=O)NCc2cc3c(s2)C(=O)N(C2CCC(=O)NC2=O)C3)ccc1N1CCCC1.Cc1cc(NC(=O)NCc2cc3c(s2)C(=O)N(C2CCC(=O)NC2=O)C3)ccc1N1CCOCC1. The zero-order valence-electron chi connectivity index (χ0n) is 38.4. The largest absolute Gasteiger partial charge is 0.378 e. The summed E-state index contributed by atoms with van der Waals surface area (Å²) in [5.74, 6) is -1.84. The third-order valence-corrected chi connectivity index (χ3v) is 15.4. The molecule has 2 aromatic carbocycles. The molecule has 21 heteroatoms. The number of thiophene rings is 2. The van der Waals surface area contributed by atoms with Gasteiger partial charge in [0.15, 0.2) is 0 Å². The zero-order valence-corrected chi connectivity index (χ0v) is 40.0. The van der Waals surface area contributed by atoms with Gasteiger partial charge >= 0.3 is 12.1 Å². The molecule has 0 saturated carbocycles. The molecule has 0 aliphatic carbocycles. The summed E-state index contributed by atoms with van der Waals surface area (Å²) in [5, 5.41) is 16.0. The van der Waals surface area contributed by atoms with E-state index < -0.39 is 23.9 Å². The smallest absolute Gasteiger partial charge is 0.319 e. The Labute approximate surface area is 406 Å². The van der Waals surface area contributed by atoms with Gasteiger partial charge in [-0.3, -0.25) is 39.4 Å². The molecule has 0 radical (unpaired) electrons. The van der Waals surface area contributed by atoms with E-state index in [1.54, 1.807) is 0 Å². The van der Waals surface area contributed by atoms with Crippen molar-refractivity contribution >= 4 is 92.9 Å². The van der Waals surface area contributed by atoms with Crippen LogP contribution < -0.4 is 41.7 Å². The number of carbonyl (C=O) groups excluding carboxylic acids is 8. The van der Waals surface area contributed by atoms with Crippen molar-refractivity contribution in [3.63, 3.8) is 0 Å². The number of aryl methyl sites for hydroxylation is 2. The maximum absolute atomic E-state index is 12.9. The Bertz CT molecular complexity index is 2720. The highest BCUT2D eigenvalue weighted by Gasteiger charge is 2.41. The molecule has 10 rings (SSSR count). The predicted octanol–water partition coefficient (Wildman–Crippen LogP) is 4.72. The maximum Gasteiger partial charge on any atom is 0.319 e. The van der Waals surface area contributed by atoms with Crippen LogP contribution in [0.2, 0.25) is 0 Å². The highest BCUT2D eigenvalue weighted by Crippen LogP contribution is 2.35. The number of rotatable bonds is 10. The van der Waals surface area contributed by atoms with E-state index in [1.807, 2.05) is 49.4 Å². The lowest BCUT2D eigenvalue weighted by molar-refractivity contribution is -0.138. The fourth-order valence-corrected chi connectivity index (χ4v) is 11.7. The fourth-order valence-electron chi connectivity index (χ4n) is 9.60. The summed E-state index contributed by atoms with van der Waals surface area (Å²) in [6.45, 7) is 10.6. The van der Waals surface area contributed by atoms with Crippen molar-refractivity contribution < 1.29 is 43.1 Å². The number of nitrogens with one attached hydrogen (secondary N) is 6. The van der Waals surface area contributed by atoms with E-state index in [0.717, 1.165) is 69.6 Å². The minimum atomic E-state index is -0.620. The van der Waals surface area contributed by atoms with Crippen LogP contribution in [-0.4, -0.2) is 109 Å². The first-order valence-corrected chi connectivity index (χ1v) is 24.8. The van der Waals surface area contributed by atoms with Crippen LogP contribution in [0.1, 0.15) is 89.9 Å². The number of carbonyl (C=O) groups is 8. The average Bonchev–Trinajstić information content (AvgIpc) is 4.17. The highest BCUT2D eigenvalue weighted by atomic mass is 32.1. The molecule has 4 aromatic rings. The molecule has 0 spiro atoms. The van der Waals surface area contributed by atoms with Crippen LogP contribution in [0.25, 0.3) is 0 Å². The summed E-state index contributed by atoms with van der Waals surface area (Å²) >= 11 is 2.65. The Kier molecular flexibility index (Phi) is 14.0. The van der Waals surface area contributed by atoms with Gasteiger partial charge in [0.25, 0.3) is 11.8 Å². The molecule has 6 aliphatic heterocycles. The normalized spacial score (nSPS) is 20.0. The number of urea groups is 2. The van der Waals surface area contributed by atoms with Crippen LogP contribution in [0.15, 0.2) is 48.5 Å². The van der Waals surface area contributed by atoms with Crippen molar-refractivity contribution in [2.24, 2.45) is 0 Å². The highest BCUT2D eigenvalue weighted by molar-refractivity contribution is 7.14. The second-order valence-electron chi connectivity index (χ2n) is 17.8. The van der Waals surface area contributed by atoms with E-state index >= 15 is 0 Å². The average molecular weight is 979 g/mol. The van der Waals surface area contributed by atoms with Crippen LogP contribution in [0.5, 0.6) is 0 Å². The van der Waals surface area contributed by atoms with E-state index in [4.69, 9.17) is 4.74 Å². The van der Waals surface area contributed by atoms with Gasteiger partial charge in [-0.15, -0.1) is 22.7 Å². The number of morpholine rings is 1. The molecule has 19 nitrogen and oxygen atoms in total. The minimum Gasteiger partial charge on any atom is -0.378 e. The summed E-state index contributed by atoms with van der Waals surface area (Å²) in [5.41, 5.74) is 7.71. The zero-order chi connectivity index (χ0) is 48.3. The number of imide groups is 2.